The Morgan fingerprint density at radius 1 is 1.22 bits per heavy atom. The molecule has 1 aromatic heterocycles. The Kier molecular flexibility index (Phi) is 5.79. The molecule has 0 radical (unpaired) electrons. The van der Waals surface area contributed by atoms with Crippen molar-refractivity contribution in [1.82, 2.24) is 4.98 Å². The molecule has 0 fully saturated rings. The summed E-state index contributed by atoms with van der Waals surface area (Å²) in [5, 5.41) is 6.20. The molecular formula is C22H27N3O2. The number of hydrogen-bond donors (Lipinski definition) is 2. The minimum Gasteiger partial charge on any atom is -0.453 e. The van der Waals surface area contributed by atoms with Crippen LogP contribution in [-0.4, -0.2) is 18.2 Å². The first-order valence-corrected chi connectivity index (χ1v) is 9.39. The molecule has 2 unspecified atom stereocenters. The van der Waals surface area contributed by atoms with E-state index in [-0.39, 0.29) is 0 Å². The molecule has 0 saturated heterocycles. The van der Waals surface area contributed by atoms with Gasteiger partial charge in [0, 0.05) is 34.5 Å². The summed E-state index contributed by atoms with van der Waals surface area (Å²) in [6.07, 6.45) is 4.70. The fraction of sp³-hybridized carbons (Fsp3) is 0.364. The molecule has 1 aromatic carbocycles. The predicted octanol–water partition coefficient (Wildman–Crippen LogP) is 5.78. The zero-order chi connectivity index (χ0) is 19.4. The number of benzene rings is 1. The maximum atomic E-state index is 11.6. The number of ether oxygens (including phenoxy) is 1. The first kappa shape index (κ1) is 19.0. The number of allylic oxidation sites excluding steroid dienone is 1. The zero-order valence-electron chi connectivity index (χ0n) is 16.2. The van der Waals surface area contributed by atoms with Gasteiger partial charge >= 0.3 is 6.09 Å². The van der Waals surface area contributed by atoms with Crippen molar-refractivity contribution in [3.05, 3.63) is 54.5 Å². The molecule has 5 nitrogen and oxygen atoms in total. The molecule has 2 heterocycles. The van der Waals surface area contributed by atoms with Gasteiger partial charge in [0.2, 0.25) is 0 Å². The summed E-state index contributed by atoms with van der Waals surface area (Å²) in [7, 11) is 1.35. The van der Waals surface area contributed by atoms with Gasteiger partial charge in [-0.3, -0.25) is 10.3 Å². The smallest absolute Gasteiger partial charge is 0.411 e. The van der Waals surface area contributed by atoms with Crippen LogP contribution in [0.3, 0.4) is 0 Å². The van der Waals surface area contributed by atoms with Crippen LogP contribution in [0.2, 0.25) is 0 Å². The standard InChI is InChI=1S/C22H27N3O2/c1-14-6-5-7-15(2)20-12-17(10-11-23-20)19-9-8-18(25-22(26)27-4)13-21(19)24-16(14)3/h8-15,24H,3,5-7H2,1-2,4H3,(H,25,26). The predicted molar refractivity (Wildman–Crippen MR) is 110 cm³/mol. The molecule has 2 aromatic rings. The number of nitrogens with one attached hydrogen (secondary N) is 2. The first-order chi connectivity index (χ1) is 13.0. The van der Waals surface area contributed by atoms with Crippen molar-refractivity contribution in [3.8, 4) is 11.1 Å². The summed E-state index contributed by atoms with van der Waals surface area (Å²) in [6, 6.07) is 9.97. The number of anilines is 2. The number of amides is 1. The third-order valence-corrected chi connectivity index (χ3v) is 5.21. The number of rotatable bonds is 1. The van der Waals surface area contributed by atoms with Gasteiger partial charge in [-0.15, -0.1) is 0 Å². The molecule has 1 aliphatic heterocycles. The molecule has 142 valence electrons. The summed E-state index contributed by atoms with van der Waals surface area (Å²) in [6.45, 7) is 8.67. The van der Waals surface area contributed by atoms with Crippen LogP contribution < -0.4 is 10.6 Å². The van der Waals surface area contributed by atoms with Crippen molar-refractivity contribution in [1.29, 1.82) is 0 Å². The van der Waals surface area contributed by atoms with Crippen LogP contribution >= 0.6 is 0 Å². The molecule has 3 rings (SSSR count). The van der Waals surface area contributed by atoms with Crippen molar-refractivity contribution in [2.24, 2.45) is 5.92 Å². The van der Waals surface area contributed by atoms with Crippen LogP contribution in [0.15, 0.2) is 48.8 Å². The lowest BCUT2D eigenvalue weighted by molar-refractivity contribution is 0.187. The second-order valence-electron chi connectivity index (χ2n) is 7.23. The molecule has 1 amide bonds. The van der Waals surface area contributed by atoms with E-state index in [1.165, 1.54) is 7.11 Å². The molecular weight excluding hydrogens is 338 g/mol. The highest BCUT2D eigenvalue weighted by Crippen LogP contribution is 2.35. The molecule has 2 N–H and O–H groups in total. The van der Waals surface area contributed by atoms with Crippen molar-refractivity contribution in [3.63, 3.8) is 0 Å². The van der Waals surface area contributed by atoms with E-state index in [1.54, 1.807) is 0 Å². The number of nitrogens with zero attached hydrogens (tertiary/aromatic N) is 1. The Morgan fingerprint density at radius 3 is 2.78 bits per heavy atom. The van der Waals surface area contributed by atoms with Crippen molar-refractivity contribution >= 4 is 17.5 Å². The maximum Gasteiger partial charge on any atom is 0.411 e. The number of hydrogen-bond acceptors (Lipinski definition) is 4. The monoisotopic (exact) mass is 365 g/mol. The number of aromatic nitrogens is 1. The fourth-order valence-corrected chi connectivity index (χ4v) is 3.38. The van der Waals surface area contributed by atoms with E-state index in [0.29, 0.717) is 17.5 Å². The Bertz CT molecular complexity index is 847. The Balaban J connectivity index is 2.07. The van der Waals surface area contributed by atoms with Crippen LogP contribution in [0.25, 0.3) is 11.1 Å². The molecule has 5 heteroatoms. The van der Waals surface area contributed by atoms with Gasteiger partial charge in [0.15, 0.2) is 0 Å². The number of carbonyl (C=O) groups is 1. The van der Waals surface area contributed by atoms with E-state index in [2.05, 4.69) is 42.1 Å². The molecule has 0 saturated carbocycles. The number of methoxy groups -OCH3 is 1. The van der Waals surface area contributed by atoms with E-state index < -0.39 is 6.09 Å². The Hall–Kier alpha value is -2.82. The lowest BCUT2D eigenvalue weighted by Gasteiger charge is -2.22. The molecule has 0 spiro atoms. The molecule has 2 bridgehead atoms. The molecule has 2 atom stereocenters. The van der Waals surface area contributed by atoms with Crippen molar-refractivity contribution in [2.75, 3.05) is 17.7 Å². The molecule has 1 aliphatic rings. The first-order valence-electron chi connectivity index (χ1n) is 9.39. The van der Waals surface area contributed by atoms with E-state index in [0.717, 1.165) is 47.5 Å². The average Bonchev–Trinajstić information content (AvgIpc) is 2.67. The summed E-state index contributed by atoms with van der Waals surface area (Å²) in [5.74, 6) is 0.773. The van der Waals surface area contributed by atoms with Crippen LogP contribution in [0.1, 0.15) is 44.7 Å². The number of fused-ring (bicyclic) bond motifs is 4. The topological polar surface area (TPSA) is 63.2 Å². The lowest BCUT2D eigenvalue weighted by atomic mass is 9.92. The average molecular weight is 365 g/mol. The highest BCUT2D eigenvalue weighted by molar-refractivity contribution is 5.88. The van der Waals surface area contributed by atoms with Crippen molar-refractivity contribution in [2.45, 2.75) is 39.0 Å². The van der Waals surface area contributed by atoms with E-state index >= 15 is 0 Å². The minimum atomic E-state index is -0.490. The quantitative estimate of drug-likeness (QED) is 0.673. The van der Waals surface area contributed by atoms with Crippen LogP contribution in [0.5, 0.6) is 0 Å². The highest BCUT2D eigenvalue weighted by atomic mass is 16.5. The zero-order valence-corrected chi connectivity index (χ0v) is 16.2. The van der Waals surface area contributed by atoms with Gasteiger partial charge in [-0.05, 0) is 54.5 Å². The van der Waals surface area contributed by atoms with E-state index in [9.17, 15) is 4.79 Å². The molecule has 27 heavy (non-hydrogen) atoms. The SMILES string of the molecule is C=C1Nc2cc(NC(=O)OC)ccc2-c2ccnc(c2)C(C)CCCC1C. The fourth-order valence-electron chi connectivity index (χ4n) is 3.38. The van der Waals surface area contributed by atoms with E-state index in [1.807, 2.05) is 30.5 Å². The van der Waals surface area contributed by atoms with Gasteiger partial charge in [0.05, 0.1) is 7.11 Å². The van der Waals surface area contributed by atoms with Crippen LogP contribution in [0, 0.1) is 5.92 Å². The summed E-state index contributed by atoms with van der Waals surface area (Å²) < 4.78 is 4.70. The van der Waals surface area contributed by atoms with Crippen molar-refractivity contribution < 1.29 is 9.53 Å². The van der Waals surface area contributed by atoms with Gasteiger partial charge in [0.1, 0.15) is 0 Å². The van der Waals surface area contributed by atoms with Crippen LogP contribution in [-0.2, 0) is 4.74 Å². The number of carbonyl (C=O) groups excluding carboxylic acids is 1. The summed E-state index contributed by atoms with van der Waals surface area (Å²) in [4.78, 5) is 16.2. The third kappa shape index (κ3) is 4.48. The van der Waals surface area contributed by atoms with Gasteiger partial charge < -0.3 is 10.1 Å². The lowest BCUT2D eigenvalue weighted by Crippen LogP contribution is -2.13. The van der Waals surface area contributed by atoms with Gasteiger partial charge in [0.25, 0.3) is 0 Å². The minimum absolute atomic E-state index is 0.355. The maximum absolute atomic E-state index is 11.6. The van der Waals surface area contributed by atoms with Gasteiger partial charge in [-0.25, -0.2) is 4.79 Å². The summed E-state index contributed by atoms with van der Waals surface area (Å²) in [5.41, 5.74) is 5.82. The van der Waals surface area contributed by atoms with Gasteiger partial charge in [-0.1, -0.05) is 32.9 Å². The van der Waals surface area contributed by atoms with Gasteiger partial charge in [-0.2, -0.15) is 0 Å². The Labute approximate surface area is 160 Å². The number of pyridine rings is 1. The highest BCUT2D eigenvalue weighted by Gasteiger charge is 2.16. The largest absolute Gasteiger partial charge is 0.453 e. The normalized spacial score (nSPS) is 19.7. The second kappa shape index (κ2) is 8.25. The summed E-state index contributed by atoms with van der Waals surface area (Å²) >= 11 is 0. The third-order valence-electron chi connectivity index (χ3n) is 5.21. The second-order valence-corrected chi connectivity index (χ2v) is 7.23. The van der Waals surface area contributed by atoms with E-state index in [4.69, 9.17) is 4.74 Å². The van der Waals surface area contributed by atoms with Crippen LogP contribution in [0.4, 0.5) is 16.2 Å². The molecule has 0 aliphatic carbocycles. The Morgan fingerprint density at radius 2 is 2.00 bits per heavy atom.